The van der Waals surface area contributed by atoms with E-state index in [2.05, 4.69) is 56.3 Å². The molecule has 1 atom stereocenters. The van der Waals surface area contributed by atoms with E-state index in [4.69, 9.17) is 17.3 Å². The number of nitrogens with two attached hydrogens (primary N) is 1. The zero-order valence-electron chi connectivity index (χ0n) is 16.2. The zero-order chi connectivity index (χ0) is 19.7. The highest BCUT2D eigenvalue weighted by molar-refractivity contribution is 6.31. The summed E-state index contributed by atoms with van der Waals surface area (Å²) in [6.07, 6.45) is 1.90. The molecule has 2 aromatic carbocycles. The number of nitrogens with one attached hydrogen (secondary N) is 1. The SMILES string of the molecule is Cc1ccc(N2C(N3CCCC3)=NC(N)=NC2Nc2ccc(C)c(Cl)c2)cc1. The van der Waals surface area contributed by atoms with Crippen LogP contribution in [-0.4, -0.2) is 36.2 Å². The van der Waals surface area contributed by atoms with Gasteiger partial charge in [-0.05, 0) is 56.5 Å². The summed E-state index contributed by atoms with van der Waals surface area (Å²) in [5, 5.41) is 4.18. The lowest BCUT2D eigenvalue weighted by atomic mass is 10.2. The first kappa shape index (κ1) is 18.6. The third kappa shape index (κ3) is 3.78. The fourth-order valence-corrected chi connectivity index (χ4v) is 3.69. The molecule has 2 heterocycles. The Morgan fingerprint density at radius 1 is 1.07 bits per heavy atom. The molecule has 3 N–H and O–H groups in total. The first-order valence-electron chi connectivity index (χ1n) is 9.57. The Morgan fingerprint density at radius 2 is 1.79 bits per heavy atom. The number of hydrogen-bond donors (Lipinski definition) is 2. The van der Waals surface area contributed by atoms with E-state index >= 15 is 0 Å². The summed E-state index contributed by atoms with van der Waals surface area (Å²) in [7, 11) is 0. The van der Waals surface area contributed by atoms with Crippen molar-refractivity contribution in [2.75, 3.05) is 23.3 Å². The molecule has 1 saturated heterocycles. The van der Waals surface area contributed by atoms with Crippen molar-refractivity contribution in [1.29, 1.82) is 0 Å². The average molecular weight is 397 g/mol. The van der Waals surface area contributed by atoms with Crippen LogP contribution in [-0.2, 0) is 0 Å². The molecule has 2 aliphatic rings. The zero-order valence-corrected chi connectivity index (χ0v) is 16.9. The third-order valence-corrected chi connectivity index (χ3v) is 5.50. The number of rotatable bonds is 3. The lowest BCUT2D eigenvalue weighted by Crippen LogP contribution is -2.54. The molecule has 7 heteroatoms. The quantitative estimate of drug-likeness (QED) is 0.824. The van der Waals surface area contributed by atoms with E-state index in [0.717, 1.165) is 48.8 Å². The number of nitrogens with zero attached hydrogens (tertiary/aromatic N) is 4. The predicted molar refractivity (Wildman–Crippen MR) is 117 cm³/mol. The molecule has 4 rings (SSSR count). The Bertz CT molecular complexity index is 915. The largest absolute Gasteiger partial charge is 0.368 e. The predicted octanol–water partition coefficient (Wildman–Crippen LogP) is 3.94. The van der Waals surface area contributed by atoms with E-state index in [-0.39, 0.29) is 5.96 Å². The minimum absolute atomic E-state index is 0.279. The summed E-state index contributed by atoms with van der Waals surface area (Å²) < 4.78 is 0. The molecule has 2 aromatic rings. The molecule has 0 bridgehead atoms. The van der Waals surface area contributed by atoms with Gasteiger partial charge in [0, 0.05) is 29.5 Å². The molecule has 1 fully saturated rings. The Hall–Kier alpha value is -2.73. The second-order valence-corrected chi connectivity index (χ2v) is 7.69. The summed E-state index contributed by atoms with van der Waals surface area (Å²) >= 11 is 6.32. The number of guanidine groups is 2. The maximum atomic E-state index is 6.32. The van der Waals surface area contributed by atoms with E-state index in [1.807, 2.05) is 25.1 Å². The topological polar surface area (TPSA) is 69.2 Å². The smallest absolute Gasteiger partial charge is 0.222 e. The van der Waals surface area contributed by atoms with Gasteiger partial charge in [-0.3, -0.25) is 4.90 Å². The minimum atomic E-state index is -0.408. The molecule has 0 aromatic heterocycles. The lowest BCUT2D eigenvalue weighted by Gasteiger charge is -2.38. The van der Waals surface area contributed by atoms with Crippen LogP contribution >= 0.6 is 11.6 Å². The van der Waals surface area contributed by atoms with Gasteiger partial charge in [0.25, 0.3) is 0 Å². The van der Waals surface area contributed by atoms with Crippen molar-refractivity contribution in [3.05, 3.63) is 58.6 Å². The summed E-state index contributed by atoms with van der Waals surface area (Å²) in [5.74, 6) is 1.12. The van der Waals surface area contributed by atoms with Crippen LogP contribution in [0.25, 0.3) is 0 Å². The fourth-order valence-electron chi connectivity index (χ4n) is 3.51. The molecule has 1 unspecified atom stereocenters. The van der Waals surface area contributed by atoms with Gasteiger partial charge in [0.05, 0.1) is 0 Å². The van der Waals surface area contributed by atoms with Gasteiger partial charge >= 0.3 is 0 Å². The number of halogens is 1. The van der Waals surface area contributed by atoms with Crippen molar-refractivity contribution in [2.45, 2.75) is 33.0 Å². The monoisotopic (exact) mass is 396 g/mol. The number of benzene rings is 2. The number of aryl methyl sites for hydroxylation is 2. The molecule has 0 radical (unpaired) electrons. The lowest BCUT2D eigenvalue weighted by molar-refractivity contribution is 0.497. The maximum absolute atomic E-state index is 6.32. The van der Waals surface area contributed by atoms with Crippen molar-refractivity contribution >= 4 is 34.9 Å². The highest BCUT2D eigenvalue weighted by atomic mass is 35.5. The second-order valence-electron chi connectivity index (χ2n) is 7.28. The summed E-state index contributed by atoms with van der Waals surface area (Å²) in [5.41, 5.74) is 10.2. The van der Waals surface area contributed by atoms with Crippen LogP contribution in [0.5, 0.6) is 0 Å². The number of likely N-dealkylation sites (tertiary alicyclic amines) is 1. The Labute approximate surface area is 170 Å². The minimum Gasteiger partial charge on any atom is -0.368 e. The van der Waals surface area contributed by atoms with Crippen molar-refractivity contribution in [1.82, 2.24) is 4.90 Å². The van der Waals surface area contributed by atoms with Crippen molar-refractivity contribution in [2.24, 2.45) is 15.7 Å². The normalized spacial score (nSPS) is 19.5. The van der Waals surface area contributed by atoms with Gasteiger partial charge in [-0.25, -0.2) is 4.99 Å². The van der Waals surface area contributed by atoms with Gasteiger partial charge in [-0.2, -0.15) is 4.99 Å². The molecule has 0 aliphatic carbocycles. The summed E-state index contributed by atoms with van der Waals surface area (Å²) in [6, 6.07) is 14.3. The van der Waals surface area contributed by atoms with E-state index in [9.17, 15) is 0 Å². The first-order valence-corrected chi connectivity index (χ1v) is 9.94. The Kier molecular flexibility index (Phi) is 5.13. The highest BCUT2D eigenvalue weighted by Crippen LogP contribution is 2.27. The van der Waals surface area contributed by atoms with Gasteiger partial charge in [-0.1, -0.05) is 35.4 Å². The van der Waals surface area contributed by atoms with Gasteiger partial charge in [0.1, 0.15) is 0 Å². The molecule has 0 spiro atoms. The van der Waals surface area contributed by atoms with Crippen LogP contribution < -0.4 is 16.0 Å². The second kappa shape index (κ2) is 7.72. The average Bonchev–Trinajstić information content (AvgIpc) is 3.20. The fraction of sp³-hybridized carbons (Fsp3) is 0.333. The Morgan fingerprint density at radius 3 is 2.46 bits per heavy atom. The van der Waals surface area contributed by atoms with Crippen LogP contribution in [0.4, 0.5) is 11.4 Å². The van der Waals surface area contributed by atoms with Gasteiger partial charge < -0.3 is 16.0 Å². The van der Waals surface area contributed by atoms with E-state index < -0.39 is 6.29 Å². The first-order chi connectivity index (χ1) is 13.5. The van der Waals surface area contributed by atoms with Crippen molar-refractivity contribution in [3.8, 4) is 0 Å². The Balaban J connectivity index is 1.72. The molecular weight excluding hydrogens is 372 g/mol. The molecule has 28 heavy (non-hydrogen) atoms. The molecule has 2 aliphatic heterocycles. The van der Waals surface area contributed by atoms with Gasteiger partial charge in [0.15, 0.2) is 0 Å². The van der Waals surface area contributed by atoms with Crippen LogP contribution in [0.2, 0.25) is 5.02 Å². The number of hydrogen-bond acceptors (Lipinski definition) is 6. The van der Waals surface area contributed by atoms with Crippen LogP contribution in [0, 0.1) is 13.8 Å². The maximum Gasteiger partial charge on any atom is 0.222 e. The van der Waals surface area contributed by atoms with Crippen molar-refractivity contribution < 1.29 is 0 Å². The highest BCUT2D eigenvalue weighted by Gasteiger charge is 2.32. The van der Waals surface area contributed by atoms with E-state index in [0.29, 0.717) is 5.02 Å². The molecule has 6 nitrogen and oxygen atoms in total. The van der Waals surface area contributed by atoms with E-state index in [1.165, 1.54) is 5.56 Å². The summed E-state index contributed by atoms with van der Waals surface area (Å²) in [4.78, 5) is 13.6. The number of aliphatic imine (C=N–C) groups is 2. The van der Waals surface area contributed by atoms with Gasteiger partial charge in [0.2, 0.25) is 18.2 Å². The molecule has 146 valence electrons. The van der Waals surface area contributed by atoms with Crippen LogP contribution in [0.1, 0.15) is 24.0 Å². The van der Waals surface area contributed by atoms with Crippen LogP contribution in [0.15, 0.2) is 52.4 Å². The summed E-state index contributed by atoms with van der Waals surface area (Å²) in [6.45, 7) is 6.00. The van der Waals surface area contributed by atoms with Crippen molar-refractivity contribution in [3.63, 3.8) is 0 Å². The molecule has 0 saturated carbocycles. The molecular formula is C21H25ClN6. The number of anilines is 2. The van der Waals surface area contributed by atoms with Crippen LogP contribution in [0.3, 0.4) is 0 Å². The standard InChI is InChI=1S/C21H25ClN6/c1-14-5-9-17(10-6-14)28-20(24-16-8-7-15(2)18(22)13-16)25-19(23)26-21(28)27-11-3-4-12-27/h5-10,13,20,24H,3-4,11-12H2,1-2H3,(H2,23,25). The molecule has 0 amide bonds. The third-order valence-electron chi connectivity index (χ3n) is 5.10. The van der Waals surface area contributed by atoms with Gasteiger partial charge in [-0.15, -0.1) is 0 Å². The van der Waals surface area contributed by atoms with E-state index in [1.54, 1.807) is 0 Å².